The molecule has 1 atom stereocenters. The first-order valence-corrected chi connectivity index (χ1v) is 6.32. The third-order valence-corrected chi connectivity index (χ3v) is 3.39. The van der Waals surface area contributed by atoms with Crippen LogP contribution in [0, 0.1) is 0 Å². The molecular weight excluding hydrogens is 194 g/mol. The molecule has 0 N–H and O–H groups in total. The summed E-state index contributed by atoms with van der Waals surface area (Å²) in [6.45, 7) is 4.70. The van der Waals surface area contributed by atoms with E-state index in [4.69, 9.17) is 0 Å². The molecule has 0 radical (unpaired) electrons. The van der Waals surface area contributed by atoms with Crippen LogP contribution in [0.5, 0.6) is 0 Å². The standard InChI is InChI=1S/C15H21N/c1-14-8-5-6-12-16(14)13-7-11-15-9-3-2-4-10-15/h2-4,7,9-11,14H,5-6,8,12-13H2,1H3/b11-7+. The van der Waals surface area contributed by atoms with Gasteiger partial charge in [0.15, 0.2) is 0 Å². The van der Waals surface area contributed by atoms with E-state index in [9.17, 15) is 0 Å². The average Bonchev–Trinajstić information content (AvgIpc) is 2.33. The molecule has 86 valence electrons. The number of nitrogens with zero attached hydrogens (tertiary/aromatic N) is 1. The fourth-order valence-electron chi connectivity index (χ4n) is 2.32. The van der Waals surface area contributed by atoms with E-state index in [0.717, 1.165) is 12.6 Å². The van der Waals surface area contributed by atoms with Gasteiger partial charge in [0.2, 0.25) is 0 Å². The molecule has 1 fully saturated rings. The van der Waals surface area contributed by atoms with Crippen molar-refractivity contribution in [2.24, 2.45) is 0 Å². The Bertz CT molecular complexity index is 329. The van der Waals surface area contributed by atoms with Gasteiger partial charge in [0, 0.05) is 12.6 Å². The second kappa shape index (κ2) is 5.86. The maximum Gasteiger partial charge on any atom is 0.0169 e. The van der Waals surface area contributed by atoms with Crippen LogP contribution in [0.3, 0.4) is 0 Å². The predicted molar refractivity (Wildman–Crippen MR) is 70.4 cm³/mol. The number of benzene rings is 1. The van der Waals surface area contributed by atoms with Crippen molar-refractivity contribution in [2.45, 2.75) is 32.2 Å². The van der Waals surface area contributed by atoms with Gasteiger partial charge < -0.3 is 0 Å². The van der Waals surface area contributed by atoms with Crippen molar-refractivity contribution >= 4 is 6.08 Å². The van der Waals surface area contributed by atoms with E-state index in [-0.39, 0.29) is 0 Å². The molecule has 1 saturated heterocycles. The zero-order valence-electron chi connectivity index (χ0n) is 10.1. The van der Waals surface area contributed by atoms with Crippen LogP contribution in [-0.4, -0.2) is 24.0 Å². The summed E-state index contributed by atoms with van der Waals surface area (Å²) in [6, 6.07) is 11.3. The van der Waals surface area contributed by atoms with Crippen LogP contribution in [-0.2, 0) is 0 Å². The molecule has 1 aromatic rings. The molecule has 1 heteroatoms. The van der Waals surface area contributed by atoms with E-state index in [1.54, 1.807) is 0 Å². The summed E-state index contributed by atoms with van der Waals surface area (Å²) in [7, 11) is 0. The van der Waals surface area contributed by atoms with Crippen molar-refractivity contribution in [1.29, 1.82) is 0 Å². The maximum atomic E-state index is 2.57. The second-order valence-corrected chi connectivity index (χ2v) is 4.65. The molecule has 1 aliphatic rings. The van der Waals surface area contributed by atoms with Crippen molar-refractivity contribution in [3.8, 4) is 0 Å². The van der Waals surface area contributed by atoms with E-state index in [1.807, 2.05) is 0 Å². The molecule has 1 aromatic carbocycles. The SMILES string of the molecule is CC1CCCCN1C/C=C/c1ccccc1. The van der Waals surface area contributed by atoms with E-state index in [0.29, 0.717) is 0 Å². The lowest BCUT2D eigenvalue weighted by atomic mass is 10.0. The summed E-state index contributed by atoms with van der Waals surface area (Å²) in [5.74, 6) is 0. The number of hydrogen-bond acceptors (Lipinski definition) is 1. The van der Waals surface area contributed by atoms with Gasteiger partial charge in [0.1, 0.15) is 0 Å². The molecule has 1 unspecified atom stereocenters. The highest BCUT2D eigenvalue weighted by Gasteiger charge is 2.15. The summed E-state index contributed by atoms with van der Waals surface area (Å²) in [4.78, 5) is 2.57. The molecule has 0 amide bonds. The molecule has 0 spiro atoms. The van der Waals surface area contributed by atoms with Gasteiger partial charge in [-0.1, -0.05) is 48.9 Å². The molecule has 0 saturated carbocycles. The molecule has 1 heterocycles. The fourth-order valence-corrected chi connectivity index (χ4v) is 2.32. The number of likely N-dealkylation sites (tertiary alicyclic amines) is 1. The summed E-state index contributed by atoms with van der Waals surface area (Å²) >= 11 is 0. The van der Waals surface area contributed by atoms with Gasteiger partial charge in [-0.2, -0.15) is 0 Å². The van der Waals surface area contributed by atoms with Crippen molar-refractivity contribution in [1.82, 2.24) is 4.90 Å². The minimum atomic E-state index is 0.758. The molecule has 0 aromatic heterocycles. The van der Waals surface area contributed by atoms with Crippen molar-refractivity contribution in [3.63, 3.8) is 0 Å². The molecule has 2 rings (SSSR count). The van der Waals surface area contributed by atoms with Crippen LogP contribution in [0.15, 0.2) is 36.4 Å². The Morgan fingerprint density at radius 3 is 2.81 bits per heavy atom. The minimum Gasteiger partial charge on any atom is -0.297 e. The van der Waals surface area contributed by atoms with Crippen molar-refractivity contribution < 1.29 is 0 Å². The van der Waals surface area contributed by atoms with E-state index >= 15 is 0 Å². The summed E-state index contributed by atoms with van der Waals surface area (Å²) in [6.07, 6.45) is 8.64. The molecular formula is C15H21N. The summed E-state index contributed by atoms with van der Waals surface area (Å²) in [5, 5.41) is 0. The first-order chi connectivity index (χ1) is 7.86. The van der Waals surface area contributed by atoms with Gasteiger partial charge in [0.25, 0.3) is 0 Å². The monoisotopic (exact) mass is 215 g/mol. The highest BCUT2D eigenvalue weighted by molar-refractivity contribution is 5.48. The molecule has 16 heavy (non-hydrogen) atoms. The highest BCUT2D eigenvalue weighted by atomic mass is 15.1. The van der Waals surface area contributed by atoms with Gasteiger partial charge in [-0.3, -0.25) is 4.90 Å². The van der Waals surface area contributed by atoms with Crippen molar-refractivity contribution in [2.75, 3.05) is 13.1 Å². The first-order valence-electron chi connectivity index (χ1n) is 6.32. The topological polar surface area (TPSA) is 3.24 Å². The predicted octanol–water partition coefficient (Wildman–Crippen LogP) is 3.57. The van der Waals surface area contributed by atoms with Gasteiger partial charge in [-0.15, -0.1) is 0 Å². The quantitative estimate of drug-likeness (QED) is 0.745. The number of piperidine rings is 1. The second-order valence-electron chi connectivity index (χ2n) is 4.65. The van der Waals surface area contributed by atoms with Crippen molar-refractivity contribution in [3.05, 3.63) is 42.0 Å². The van der Waals surface area contributed by atoms with Gasteiger partial charge in [0.05, 0.1) is 0 Å². The minimum absolute atomic E-state index is 0.758. The Hall–Kier alpha value is -1.08. The lowest BCUT2D eigenvalue weighted by molar-refractivity contribution is 0.179. The molecule has 1 aliphatic heterocycles. The third-order valence-electron chi connectivity index (χ3n) is 3.39. The Labute approximate surface area is 98.8 Å². The summed E-state index contributed by atoms with van der Waals surface area (Å²) < 4.78 is 0. The van der Waals surface area contributed by atoms with E-state index < -0.39 is 0 Å². The lowest BCUT2D eigenvalue weighted by Crippen LogP contribution is -2.37. The smallest absolute Gasteiger partial charge is 0.0169 e. The van der Waals surface area contributed by atoms with Crippen LogP contribution in [0.4, 0.5) is 0 Å². The Kier molecular flexibility index (Phi) is 4.17. The number of rotatable bonds is 3. The summed E-state index contributed by atoms with van der Waals surface area (Å²) in [5.41, 5.74) is 1.30. The van der Waals surface area contributed by atoms with Crippen LogP contribution in [0.2, 0.25) is 0 Å². The third kappa shape index (κ3) is 3.21. The largest absolute Gasteiger partial charge is 0.297 e. The van der Waals surface area contributed by atoms with E-state index in [1.165, 1.54) is 31.4 Å². The van der Waals surface area contributed by atoms with Crippen LogP contribution in [0.25, 0.3) is 6.08 Å². The van der Waals surface area contributed by atoms with E-state index in [2.05, 4.69) is 54.3 Å². The molecule has 0 bridgehead atoms. The lowest BCUT2D eigenvalue weighted by Gasteiger charge is -2.32. The zero-order chi connectivity index (χ0) is 11.2. The van der Waals surface area contributed by atoms with Gasteiger partial charge >= 0.3 is 0 Å². The van der Waals surface area contributed by atoms with Crippen LogP contribution >= 0.6 is 0 Å². The maximum absolute atomic E-state index is 2.57. The van der Waals surface area contributed by atoms with Gasteiger partial charge in [-0.25, -0.2) is 0 Å². The Morgan fingerprint density at radius 1 is 1.25 bits per heavy atom. The Balaban J connectivity index is 1.84. The fraction of sp³-hybridized carbons (Fsp3) is 0.467. The molecule has 1 nitrogen and oxygen atoms in total. The number of hydrogen-bond donors (Lipinski definition) is 0. The Morgan fingerprint density at radius 2 is 2.06 bits per heavy atom. The molecule has 0 aliphatic carbocycles. The van der Waals surface area contributed by atoms with Crippen LogP contribution < -0.4 is 0 Å². The van der Waals surface area contributed by atoms with Crippen LogP contribution in [0.1, 0.15) is 31.7 Å². The highest BCUT2D eigenvalue weighted by Crippen LogP contribution is 2.16. The normalized spacial score (nSPS) is 22.7. The average molecular weight is 215 g/mol. The zero-order valence-corrected chi connectivity index (χ0v) is 10.1. The van der Waals surface area contributed by atoms with Gasteiger partial charge in [-0.05, 0) is 31.9 Å². The first kappa shape index (κ1) is 11.4.